The Kier molecular flexibility index (Phi) is 31.0. The molecule has 2 saturated carbocycles. The van der Waals surface area contributed by atoms with Crippen LogP contribution in [0, 0.1) is 5.92 Å². The summed E-state index contributed by atoms with van der Waals surface area (Å²) in [5.74, 6) is -2.71. The number of aryl methyl sites for hydroxylation is 1. The van der Waals surface area contributed by atoms with Crippen LogP contribution in [0.5, 0.6) is 0 Å². The smallest absolute Gasteiger partial charge is 0.357 e. The van der Waals surface area contributed by atoms with Crippen LogP contribution in [0.2, 0.25) is 0 Å². The van der Waals surface area contributed by atoms with Gasteiger partial charge < -0.3 is 30.4 Å². The van der Waals surface area contributed by atoms with Crippen molar-refractivity contribution in [2.24, 2.45) is 18.0 Å². The highest BCUT2D eigenvalue weighted by Gasteiger charge is 2.47. The molecule has 6 heterocycles. The van der Waals surface area contributed by atoms with Crippen molar-refractivity contribution in [1.29, 1.82) is 0 Å². The summed E-state index contributed by atoms with van der Waals surface area (Å²) >= 11 is 2.75. The summed E-state index contributed by atoms with van der Waals surface area (Å²) in [7, 11) is 4.62. The maximum Gasteiger partial charge on any atom is 0.357 e. The second-order valence-corrected chi connectivity index (χ2v) is 15.4. The first-order valence-corrected chi connectivity index (χ1v) is 20.7. The third kappa shape index (κ3) is 22.2. The maximum atomic E-state index is 10.5. The number of esters is 1. The number of aliphatic imine (C=N–C) groups is 1. The number of Topliss-reactive ketones (excluding diaryl/α,β-unsaturated/α-hetero) is 6. The summed E-state index contributed by atoms with van der Waals surface area (Å²) in [6, 6.07) is -0.938. The molecule has 0 aromatic carbocycles. The molecule has 8 N–H and O–H groups in total. The summed E-state index contributed by atoms with van der Waals surface area (Å²) in [6.07, 6.45) is 2.15. The van der Waals surface area contributed by atoms with Gasteiger partial charge in [-0.1, -0.05) is 59.3 Å². The predicted molar refractivity (Wildman–Crippen MR) is 250 cm³/mol. The molecule has 5 fully saturated rings. The lowest BCUT2D eigenvalue weighted by Gasteiger charge is -2.27. The molecule has 4 unspecified atom stereocenters. The summed E-state index contributed by atoms with van der Waals surface area (Å²) < 4.78 is 5.71. The number of nitrogens with zero attached hydrogens (tertiary/aromatic N) is 6. The molecule has 3 amide bonds. The number of amides is 3. The van der Waals surface area contributed by atoms with Gasteiger partial charge in [-0.15, -0.1) is 0 Å². The van der Waals surface area contributed by atoms with Crippen molar-refractivity contribution >= 4 is 92.4 Å². The summed E-state index contributed by atoms with van der Waals surface area (Å²) in [6.45, 7) is 14.1. The molecule has 380 valence electrons. The lowest BCUT2D eigenvalue weighted by Crippen LogP contribution is -2.63. The van der Waals surface area contributed by atoms with E-state index in [-0.39, 0.29) is 80.6 Å². The highest BCUT2D eigenvalue weighted by Crippen LogP contribution is 2.23. The largest absolute Gasteiger partial charge is 0.454 e. The number of hydroxylamine groups is 2. The van der Waals surface area contributed by atoms with Crippen molar-refractivity contribution in [3.05, 3.63) is 47.9 Å². The Balaban J connectivity index is -0.000000706. The number of ketones is 6. The molecule has 0 spiro atoms. The van der Waals surface area contributed by atoms with E-state index in [2.05, 4.69) is 74.3 Å². The van der Waals surface area contributed by atoms with Crippen LogP contribution in [-0.2, 0) is 59.8 Å². The Hall–Kier alpha value is -6.69. The van der Waals surface area contributed by atoms with Gasteiger partial charge in [0.2, 0.25) is 40.9 Å². The van der Waals surface area contributed by atoms with Crippen LogP contribution in [-0.4, -0.2) is 165 Å². The SMILES string of the molecule is C.C.C.C=C1CN=C(SC)N1.C=C1NC(=O)N(C)O1.CC(=O)Nc1ncn[nH]1.CC1C(=O)C(=O)C1O.CNC1C(=O)C(=O)C1O.C[C@H]1OC(=O)CC1=O.C[C@H]1SC(=O)CC1=O.Cn1nc[nH]c1=O. The molecule has 6 aliphatic rings. The van der Waals surface area contributed by atoms with Crippen LogP contribution >= 0.6 is 23.5 Å². The normalized spacial score (nSPS) is 22.2. The van der Waals surface area contributed by atoms with Crippen LogP contribution in [0.4, 0.5) is 10.7 Å². The van der Waals surface area contributed by atoms with Gasteiger partial charge in [-0.25, -0.2) is 19.4 Å². The molecule has 29 heteroatoms. The molecule has 0 bridgehead atoms. The number of aliphatic hydroxyl groups is 2. The lowest BCUT2D eigenvalue weighted by atomic mass is 9.81. The summed E-state index contributed by atoms with van der Waals surface area (Å²) in [5, 5.41) is 39.1. The second kappa shape index (κ2) is 32.1. The lowest BCUT2D eigenvalue weighted by molar-refractivity contribution is -0.157. The van der Waals surface area contributed by atoms with Crippen LogP contribution in [0.25, 0.3) is 0 Å². The first-order chi connectivity index (χ1) is 30.3. The van der Waals surface area contributed by atoms with Gasteiger partial charge >= 0.3 is 17.7 Å². The topological polar surface area (TPSA) is 386 Å². The molecule has 0 radical (unpaired) electrons. The minimum Gasteiger partial charge on any atom is -0.454 e. The number of likely N-dealkylation sites (N-methyl/N-ethyl adjacent to an activating group) is 1. The van der Waals surface area contributed by atoms with Crippen molar-refractivity contribution in [3.63, 3.8) is 0 Å². The number of cyclic esters (lactones) is 1. The molecule has 2 aromatic heterocycles. The monoisotopic (exact) mass is 1000 g/mol. The molecule has 4 aliphatic heterocycles. The molecule has 2 aliphatic carbocycles. The molecule has 27 nitrogen and oxygen atoms in total. The quantitative estimate of drug-likeness (QED) is 0.105. The van der Waals surface area contributed by atoms with Crippen molar-refractivity contribution in [1.82, 2.24) is 51.0 Å². The zero-order chi connectivity index (χ0) is 49.7. The average molecular weight is 1000 g/mol. The van der Waals surface area contributed by atoms with Gasteiger partial charge in [0, 0.05) is 19.7 Å². The van der Waals surface area contributed by atoms with Crippen molar-refractivity contribution in [2.45, 2.75) is 92.4 Å². The van der Waals surface area contributed by atoms with Crippen LogP contribution in [0.3, 0.4) is 0 Å². The van der Waals surface area contributed by atoms with Gasteiger partial charge in [0.1, 0.15) is 37.3 Å². The molecule has 3 saturated heterocycles. The van der Waals surface area contributed by atoms with E-state index in [4.69, 9.17) is 10.2 Å². The number of nitrogens with one attached hydrogen (secondary N) is 6. The highest BCUT2D eigenvalue weighted by atomic mass is 32.2. The number of thioether (sulfide) groups is 2. The number of urea groups is 1. The number of ether oxygens (including phenoxy) is 1. The summed E-state index contributed by atoms with van der Waals surface area (Å²) in [4.78, 5) is 129. The molecule has 2 aromatic rings. The van der Waals surface area contributed by atoms with E-state index in [0.717, 1.165) is 34.2 Å². The number of carbonyl (C=O) groups is 10. The molecule has 6 atom stereocenters. The van der Waals surface area contributed by atoms with E-state index in [0.29, 0.717) is 5.95 Å². The Bertz CT molecular complexity index is 2090. The van der Waals surface area contributed by atoms with E-state index in [1.807, 2.05) is 6.26 Å². The average Bonchev–Trinajstić information content (AvgIpc) is 4.14. The van der Waals surface area contributed by atoms with E-state index >= 15 is 0 Å². The minimum atomic E-state index is -1.11. The van der Waals surface area contributed by atoms with Crippen molar-refractivity contribution in [3.8, 4) is 0 Å². The minimum absolute atomic E-state index is 0. The summed E-state index contributed by atoms with van der Waals surface area (Å²) in [5.41, 5.74) is 0.814. The van der Waals surface area contributed by atoms with E-state index < -0.39 is 59.4 Å². The highest BCUT2D eigenvalue weighted by molar-refractivity contribution is 8.15. The number of aromatic nitrogens is 6. The second-order valence-electron chi connectivity index (χ2n) is 13.2. The number of anilines is 1. The van der Waals surface area contributed by atoms with E-state index in [9.17, 15) is 52.7 Å². The van der Waals surface area contributed by atoms with Crippen molar-refractivity contribution < 1.29 is 67.7 Å². The van der Waals surface area contributed by atoms with Gasteiger partial charge in [0.05, 0.1) is 31.2 Å². The third-order valence-electron chi connectivity index (χ3n) is 8.07. The Morgan fingerprint density at radius 1 is 0.897 bits per heavy atom. The number of aromatic amines is 2. The Labute approximate surface area is 400 Å². The number of hydrogen-bond acceptors (Lipinski definition) is 23. The molecular formula is C39H62N12O15S2. The van der Waals surface area contributed by atoms with Crippen LogP contribution in [0.15, 0.2) is 47.2 Å². The number of hydrogen-bond donors (Lipinski definition) is 8. The first-order valence-electron chi connectivity index (χ1n) is 18.6. The zero-order valence-electron chi connectivity index (χ0n) is 36.4. The van der Waals surface area contributed by atoms with E-state index in [1.165, 1.54) is 45.3 Å². The van der Waals surface area contributed by atoms with Gasteiger partial charge in [0.25, 0.3) is 0 Å². The molecule has 8 rings (SSSR count). The number of aliphatic hydroxyl groups excluding tert-OH is 2. The standard InChI is InChI=1S/C5H8N2S.C5H7NO3.2C5H6O3.C5H6O2S.C4H6N4O.C4H6N2O2.C3H5N3O.3CH4/c1-4-3-6-5(7-4)8-2;1-6-2-3(7)5(9)4(2)8;1-3-4(6)2-5(7)8-3;1-2-3(6)5(8)4(2)7;1-3-4(6)2-5(7)8-3;1-3(9)7-4-5-2-6-8-4;1-3-5-4(7)6(2)8-3;1-6-3(7)4-2-5-6;;;/h1,3H2,2H3,(H,6,7);2-3,6-7H,1H3;3H,2H2,1H3;2-3,6H,1H3;3H,2H2,1H3;2H,1H3,(H2,5,6,7,8,9);1H2,2H3,(H,5,7);2H,1H3,(H,4,5,7);3*1H4/t;;3-;;3-;;;;;;/m..1.1....../s1. The third-order valence-corrected chi connectivity index (χ3v) is 9.71. The number of amidine groups is 1. The van der Waals surface area contributed by atoms with Crippen molar-refractivity contribution in [2.75, 3.05) is 32.2 Å². The molecule has 68 heavy (non-hydrogen) atoms. The van der Waals surface area contributed by atoms with E-state index in [1.54, 1.807) is 32.7 Å². The fourth-order valence-electron chi connectivity index (χ4n) is 4.30. The number of H-pyrrole nitrogens is 2. The first kappa shape index (κ1) is 65.6. The van der Waals surface area contributed by atoms with Gasteiger partial charge in [-0.3, -0.25) is 63.8 Å². The fourth-order valence-corrected chi connectivity index (χ4v) is 5.58. The van der Waals surface area contributed by atoms with Gasteiger partial charge in [0.15, 0.2) is 28.0 Å². The van der Waals surface area contributed by atoms with Crippen LogP contribution < -0.4 is 27.0 Å². The maximum absolute atomic E-state index is 10.5. The van der Waals surface area contributed by atoms with Gasteiger partial charge in [-0.05, 0) is 33.7 Å². The van der Waals surface area contributed by atoms with Crippen LogP contribution in [0.1, 0.15) is 62.8 Å². The number of rotatable bonds is 2. The molecular weight excluding hydrogens is 941 g/mol. The zero-order valence-corrected chi connectivity index (χ0v) is 38.0. The Morgan fingerprint density at radius 3 is 1.69 bits per heavy atom. The van der Waals surface area contributed by atoms with Gasteiger partial charge in [-0.2, -0.15) is 20.2 Å². The number of carbonyl (C=O) groups excluding carboxylic acids is 10. The fraction of sp³-hybridized carbons (Fsp3) is 0.513. The predicted octanol–water partition coefficient (Wildman–Crippen LogP) is -0.633. The Morgan fingerprint density at radius 2 is 1.50 bits per heavy atom.